The largest absolute Gasteiger partial charge is 0.466 e. The Morgan fingerprint density at radius 1 is 1.11 bits per heavy atom. The molecule has 2 aromatic carbocycles. The van der Waals surface area contributed by atoms with Gasteiger partial charge in [0.1, 0.15) is 5.82 Å². The highest BCUT2D eigenvalue weighted by Crippen LogP contribution is 2.34. The van der Waals surface area contributed by atoms with Crippen molar-refractivity contribution >= 4 is 29.2 Å². The predicted molar refractivity (Wildman–Crippen MR) is 102 cm³/mol. The summed E-state index contributed by atoms with van der Waals surface area (Å²) in [6.07, 6.45) is -0.239. The highest BCUT2D eigenvalue weighted by atomic mass is 19.1. The number of carbonyl (C=O) groups is 3. The van der Waals surface area contributed by atoms with E-state index in [-0.39, 0.29) is 23.6 Å². The molecule has 3 rings (SSSR count). The number of halogens is 1. The molecular weight excluding hydrogens is 363 g/mol. The molecule has 2 aromatic rings. The van der Waals surface area contributed by atoms with Crippen LogP contribution < -0.4 is 10.2 Å². The van der Waals surface area contributed by atoms with Crippen molar-refractivity contribution in [3.8, 4) is 0 Å². The van der Waals surface area contributed by atoms with Gasteiger partial charge in [-0.25, -0.2) is 9.18 Å². The van der Waals surface area contributed by atoms with Gasteiger partial charge in [-0.2, -0.15) is 0 Å². The quantitative estimate of drug-likeness (QED) is 0.824. The first kappa shape index (κ1) is 19.3. The second-order valence-corrected chi connectivity index (χ2v) is 6.28. The number of methoxy groups -OCH3 is 1. The lowest BCUT2D eigenvalue weighted by molar-refractivity contribution is -0.138. The van der Waals surface area contributed by atoms with Gasteiger partial charge in [-0.05, 0) is 31.2 Å². The fourth-order valence-corrected chi connectivity index (χ4v) is 3.25. The Kier molecular flexibility index (Phi) is 5.54. The molecule has 1 N–H and O–H groups in total. The molecule has 2 amide bonds. The van der Waals surface area contributed by atoms with Crippen molar-refractivity contribution in [1.82, 2.24) is 0 Å². The van der Waals surface area contributed by atoms with Crippen molar-refractivity contribution in [1.29, 1.82) is 0 Å². The number of esters is 1. The number of nitrogens with one attached hydrogen (secondary N) is 1. The van der Waals surface area contributed by atoms with E-state index in [0.29, 0.717) is 11.4 Å². The number of carbonyl (C=O) groups excluding carboxylic acids is 3. The van der Waals surface area contributed by atoms with Crippen LogP contribution >= 0.6 is 0 Å². The van der Waals surface area contributed by atoms with E-state index >= 15 is 0 Å². The van der Waals surface area contributed by atoms with Gasteiger partial charge in [0.05, 0.1) is 24.3 Å². The van der Waals surface area contributed by atoms with Gasteiger partial charge in [0.2, 0.25) is 11.8 Å². The van der Waals surface area contributed by atoms with Crippen LogP contribution in [0.5, 0.6) is 0 Å². The van der Waals surface area contributed by atoms with Crippen LogP contribution in [-0.4, -0.2) is 24.9 Å². The van der Waals surface area contributed by atoms with Gasteiger partial charge in [0.25, 0.3) is 0 Å². The van der Waals surface area contributed by atoms with E-state index in [1.165, 1.54) is 30.2 Å². The number of para-hydroxylation sites is 2. The van der Waals surface area contributed by atoms with E-state index in [0.717, 1.165) is 0 Å². The second kappa shape index (κ2) is 8.04. The Morgan fingerprint density at radius 3 is 2.39 bits per heavy atom. The third kappa shape index (κ3) is 3.64. The van der Waals surface area contributed by atoms with E-state index in [1.54, 1.807) is 37.3 Å². The lowest BCUT2D eigenvalue weighted by atomic mass is 9.88. The van der Waals surface area contributed by atoms with Crippen molar-refractivity contribution in [3.05, 3.63) is 71.7 Å². The number of amides is 2. The fourth-order valence-electron chi connectivity index (χ4n) is 3.25. The molecular formula is C21H19FN2O4. The van der Waals surface area contributed by atoms with Crippen LogP contribution in [0, 0.1) is 11.7 Å². The Bertz CT molecular complexity index is 956. The smallest absolute Gasteiger partial charge is 0.336 e. The van der Waals surface area contributed by atoms with Crippen molar-refractivity contribution in [2.75, 3.05) is 17.3 Å². The maximum atomic E-state index is 13.9. The predicted octanol–water partition coefficient (Wildman–Crippen LogP) is 3.26. The molecule has 0 saturated carbocycles. The highest BCUT2D eigenvalue weighted by molar-refractivity contribution is 6.10. The first-order valence-electron chi connectivity index (χ1n) is 8.66. The molecule has 1 aliphatic heterocycles. The number of allylic oxidation sites excluding steroid dienone is 1. The average molecular weight is 382 g/mol. The summed E-state index contributed by atoms with van der Waals surface area (Å²) in [6, 6.07) is 14.5. The zero-order valence-corrected chi connectivity index (χ0v) is 15.4. The van der Waals surface area contributed by atoms with Gasteiger partial charge in [-0.15, -0.1) is 0 Å². The Labute approximate surface area is 161 Å². The molecule has 0 radical (unpaired) electrons. The van der Waals surface area contributed by atoms with Gasteiger partial charge in [0.15, 0.2) is 0 Å². The topological polar surface area (TPSA) is 75.7 Å². The van der Waals surface area contributed by atoms with Crippen LogP contribution in [-0.2, 0) is 19.1 Å². The molecule has 1 unspecified atom stereocenters. The van der Waals surface area contributed by atoms with Crippen molar-refractivity contribution in [3.63, 3.8) is 0 Å². The first-order valence-corrected chi connectivity index (χ1v) is 8.66. The zero-order chi connectivity index (χ0) is 20.3. The Hall–Kier alpha value is -3.48. The number of ether oxygens (including phenoxy) is 1. The maximum absolute atomic E-state index is 13.9. The molecule has 1 heterocycles. The van der Waals surface area contributed by atoms with Crippen LogP contribution in [0.2, 0.25) is 0 Å². The molecule has 7 heteroatoms. The minimum Gasteiger partial charge on any atom is -0.466 e. The maximum Gasteiger partial charge on any atom is 0.336 e. The average Bonchev–Trinajstić information content (AvgIpc) is 2.69. The van der Waals surface area contributed by atoms with E-state index in [2.05, 4.69) is 5.32 Å². The Morgan fingerprint density at radius 2 is 1.75 bits per heavy atom. The summed E-state index contributed by atoms with van der Waals surface area (Å²) in [5.41, 5.74) is 0.939. The highest BCUT2D eigenvalue weighted by Gasteiger charge is 2.40. The molecule has 0 bridgehead atoms. The van der Waals surface area contributed by atoms with Crippen molar-refractivity contribution < 1.29 is 23.5 Å². The monoisotopic (exact) mass is 382 g/mol. The summed E-state index contributed by atoms with van der Waals surface area (Å²) in [5, 5.41) is 2.46. The van der Waals surface area contributed by atoms with Gasteiger partial charge >= 0.3 is 5.97 Å². The molecule has 0 aromatic heterocycles. The summed E-state index contributed by atoms with van der Waals surface area (Å²) < 4.78 is 18.7. The van der Waals surface area contributed by atoms with Gasteiger partial charge in [0, 0.05) is 17.8 Å². The number of benzene rings is 2. The Balaban J connectivity index is 2.00. The number of nitrogens with zero attached hydrogens (tertiary/aromatic N) is 1. The lowest BCUT2D eigenvalue weighted by Crippen LogP contribution is -2.43. The van der Waals surface area contributed by atoms with E-state index in [9.17, 15) is 18.8 Å². The molecule has 0 saturated heterocycles. The van der Waals surface area contributed by atoms with Gasteiger partial charge in [-0.3, -0.25) is 14.5 Å². The fraction of sp³-hybridized carbons (Fsp3) is 0.190. The van der Waals surface area contributed by atoms with Crippen LogP contribution in [0.4, 0.5) is 15.8 Å². The van der Waals surface area contributed by atoms with Crippen molar-refractivity contribution in [2.45, 2.75) is 13.3 Å². The second-order valence-electron chi connectivity index (χ2n) is 6.28. The van der Waals surface area contributed by atoms with E-state index in [1.807, 2.05) is 6.07 Å². The van der Waals surface area contributed by atoms with Crippen LogP contribution in [0.3, 0.4) is 0 Å². The standard InChI is InChI=1S/C21H19FN2O4/c1-13-19(21(27)28-2)15(20(26)23-17-11-7-6-10-16(17)22)12-18(25)24(13)14-8-4-3-5-9-14/h3-11,15H,12H2,1-2H3,(H,23,26). The molecule has 1 atom stereocenters. The first-order chi connectivity index (χ1) is 13.4. The minimum atomic E-state index is -1.08. The summed E-state index contributed by atoms with van der Waals surface area (Å²) >= 11 is 0. The molecule has 144 valence electrons. The van der Waals surface area contributed by atoms with Gasteiger partial charge in [-0.1, -0.05) is 30.3 Å². The van der Waals surface area contributed by atoms with Crippen LogP contribution in [0.1, 0.15) is 13.3 Å². The third-order valence-corrected chi connectivity index (χ3v) is 4.57. The summed E-state index contributed by atoms with van der Waals surface area (Å²) in [6.45, 7) is 1.58. The SMILES string of the molecule is COC(=O)C1=C(C)N(c2ccccc2)C(=O)CC1C(=O)Nc1ccccc1F. The van der Waals surface area contributed by atoms with E-state index < -0.39 is 23.6 Å². The molecule has 1 aliphatic rings. The normalized spacial score (nSPS) is 16.8. The molecule has 6 nitrogen and oxygen atoms in total. The number of hydrogen-bond acceptors (Lipinski definition) is 4. The number of anilines is 2. The van der Waals surface area contributed by atoms with Gasteiger partial charge < -0.3 is 10.1 Å². The number of hydrogen-bond donors (Lipinski definition) is 1. The van der Waals surface area contributed by atoms with E-state index in [4.69, 9.17) is 4.74 Å². The lowest BCUT2D eigenvalue weighted by Gasteiger charge is -2.33. The molecule has 0 spiro atoms. The zero-order valence-electron chi connectivity index (χ0n) is 15.4. The van der Waals surface area contributed by atoms with Crippen LogP contribution in [0.25, 0.3) is 0 Å². The third-order valence-electron chi connectivity index (χ3n) is 4.57. The molecule has 0 fully saturated rings. The summed E-state index contributed by atoms with van der Waals surface area (Å²) in [7, 11) is 1.21. The number of rotatable bonds is 4. The van der Waals surface area contributed by atoms with Crippen molar-refractivity contribution in [2.24, 2.45) is 5.92 Å². The molecule has 28 heavy (non-hydrogen) atoms. The molecule has 0 aliphatic carbocycles. The van der Waals surface area contributed by atoms with Crippen LogP contribution in [0.15, 0.2) is 65.9 Å². The summed E-state index contributed by atoms with van der Waals surface area (Å²) in [4.78, 5) is 39.4. The summed E-state index contributed by atoms with van der Waals surface area (Å²) in [5.74, 6) is -3.39. The minimum absolute atomic E-state index is 0.0210.